The van der Waals surface area contributed by atoms with E-state index in [-0.39, 0.29) is 5.91 Å². The van der Waals surface area contributed by atoms with E-state index in [9.17, 15) is 4.79 Å². The van der Waals surface area contributed by atoms with Gasteiger partial charge in [0, 0.05) is 11.4 Å². The molecule has 0 saturated heterocycles. The smallest absolute Gasteiger partial charge is 0.267 e. The molecule has 0 radical (unpaired) electrons. The highest BCUT2D eigenvalue weighted by molar-refractivity contribution is 7.17. The molecule has 128 valence electrons. The van der Waals surface area contributed by atoms with E-state index in [1.54, 1.807) is 0 Å². The van der Waals surface area contributed by atoms with Crippen molar-refractivity contribution in [1.29, 1.82) is 0 Å². The van der Waals surface area contributed by atoms with Crippen LogP contribution in [0.4, 0.5) is 16.5 Å². The van der Waals surface area contributed by atoms with Gasteiger partial charge in [0.25, 0.3) is 5.91 Å². The van der Waals surface area contributed by atoms with E-state index in [0.29, 0.717) is 10.0 Å². The topological polar surface area (TPSA) is 54.0 Å². The van der Waals surface area contributed by atoms with Crippen molar-refractivity contribution in [2.45, 2.75) is 27.7 Å². The first-order valence-electron chi connectivity index (χ1n) is 8.11. The van der Waals surface area contributed by atoms with Gasteiger partial charge in [-0.05, 0) is 63.1 Å². The Morgan fingerprint density at radius 2 is 1.52 bits per heavy atom. The highest BCUT2D eigenvalue weighted by Crippen LogP contribution is 2.27. The van der Waals surface area contributed by atoms with Crippen LogP contribution in [0.3, 0.4) is 0 Å². The molecule has 1 amide bonds. The number of hydrogen-bond acceptors (Lipinski definition) is 4. The summed E-state index contributed by atoms with van der Waals surface area (Å²) in [6, 6.07) is 14.1. The van der Waals surface area contributed by atoms with Gasteiger partial charge in [0.2, 0.25) is 0 Å². The summed E-state index contributed by atoms with van der Waals surface area (Å²) in [6.45, 7) is 7.94. The van der Waals surface area contributed by atoms with Crippen molar-refractivity contribution >= 4 is 33.8 Å². The summed E-state index contributed by atoms with van der Waals surface area (Å²) in [5.74, 6) is -0.128. The molecule has 0 unspecified atom stereocenters. The zero-order valence-electron chi connectivity index (χ0n) is 14.8. The first-order chi connectivity index (χ1) is 11.9. The Bertz CT molecular complexity index is 893. The summed E-state index contributed by atoms with van der Waals surface area (Å²) in [5.41, 5.74) is 5.94. The molecular formula is C20H21N3OS. The number of hydrogen-bond donors (Lipinski definition) is 2. The first-order valence-corrected chi connectivity index (χ1v) is 8.93. The molecule has 4 nitrogen and oxygen atoms in total. The molecule has 1 aromatic heterocycles. The Kier molecular flexibility index (Phi) is 4.86. The predicted molar refractivity (Wildman–Crippen MR) is 105 cm³/mol. The van der Waals surface area contributed by atoms with Crippen molar-refractivity contribution in [2.75, 3.05) is 10.6 Å². The Hall–Kier alpha value is -2.66. The van der Waals surface area contributed by atoms with Gasteiger partial charge in [0.15, 0.2) is 5.13 Å². The monoisotopic (exact) mass is 351 g/mol. The van der Waals surface area contributed by atoms with Gasteiger partial charge in [-0.15, -0.1) is 0 Å². The summed E-state index contributed by atoms with van der Waals surface area (Å²) in [7, 11) is 0. The van der Waals surface area contributed by atoms with Crippen LogP contribution >= 0.6 is 11.3 Å². The van der Waals surface area contributed by atoms with Gasteiger partial charge in [-0.1, -0.05) is 35.1 Å². The summed E-state index contributed by atoms with van der Waals surface area (Å²) >= 11 is 1.36. The van der Waals surface area contributed by atoms with Crippen LogP contribution in [-0.4, -0.2) is 10.9 Å². The fourth-order valence-corrected chi connectivity index (χ4v) is 3.54. The lowest BCUT2D eigenvalue weighted by Crippen LogP contribution is -2.11. The lowest BCUT2D eigenvalue weighted by molar-refractivity contribution is 0.103. The van der Waals surface area contributed by atoms with Gasteiger partial charge in [-0.3, -0.25) is 4.79 Å². The first kappa shape index (κ1) is 17.2. The van der Waals surface area contributed by atoms with Gasteiger partial charge >= 0.3 is 0 Å². The van der Waals surface area contributed by atoms with E-state index in [1.165, 1.54) is 16.9 Å². The molecule has 0 atom stereocenters. The minimum atomic E-state index is -0.128. The van der Waals surface area contributed by atoms with Gasteiger partial charge in [0.1, 0.15) is 4.88 Å². The Labute approximate surface area is 151 Å². The van der Waals surface area contributed by atoms with Crippen LogP contribution in [0.15, 0.2) is 42.5 Å². The minimum absolute atomic E-state index is 0.128. The number of nitrogens with one attached hydrogen (secondary N) is 2. The van der Waals surface area contributed by atoms with Gasteiger partial charge in [0.05, 0.1) is 5.69 Å². The summed E-state index contributed by atoms with van der Waals surface area (Å²) in [4.78, 5) is 17.7. The molecule has 0 saturated carbocycles. The number of amides is 1. The molecule has 1 heterocycles. The van der Waals surface area contributed by atoms with Gasteiger partial charge in [-0.25, -0.2) is 4.98 Å². The van der Waals surface area contributed by atoms with Crippen LogP contribution < -0.4 is 10.6 Å². The number of anilines is 3. The van der Waals surface area contributed by atoms with Gasteiger partial charge < -0.3 is 10.6 Å². The fraction of sp³-hybridized carbons (Fsp3) is 0.200. The number of benzene rings is 2. The zero-order chi connectivity index (χ0) is 18.0. The summed E-state index contributed by atoms with van der Waals surface area (Å²) in [6.07, 6.45) is 0. The lowest BCUT2D eigenvalue weighted by atomic mass is 10.1. The van der Waals surface area contributed by atoms with E-state index in [1.807, 2.05) is 64.1 Å². The van der Waals surface area contributed by atoms with Crippen LogP contribution in [0.2, 0.25) is 0 Å². The zero-order valence-corrected chi connectivity index (χ0v) is 15.6. The number of rotatable bonds is 4. The van der Waals surface area contributed by atoms with Crippen LogP contribution in [0.1, 0.15) is 32.1 Å². The van der Waals surface area contributed by atoms with Crippen molar-refractivity contribution in [3.63, 3.8) is 0 Å². The third kappa shape index (κ3) is 4.25. The third-order valence-corrected chi connectivity index (χ3v) is 4.86. The highest BCUT2D eigenvalue weighted by Gasteiger charge is 2.16. The largest absolute Gasteiger partial charge is 0.332 e. The second kappa shape index (κ2) is 7.07. The maximum Gasteiger partial charge on any atom is 0.267 e. The number of carbonyl (C=O) groups excluding carboxylic acids is 1. The van der Waals surface area contributed by atoms with Gasteiger partial charge in [-0.2, -0.15) is 0 Å². The van der Waals surface area contributed by atoms with Crippen LogP contribution in [0.5, 0.6) is 0 Å². The second-order valence-electron chi connectivity index (χ2n) is 6.26. The molecule has 3 rings (SSSR count). The number of carbonyl (C=O) groups is 1. The molecule has 0 aliphatic carbocycles. The summed E-state index contributed by atoms with van der Waals surface area (Å²) < 4.78 is 0. The molecule has 0 bridgehead atoms. The molecule has 0 aliphatic heterocycles. The average Bonchev–Trinajstić information content (AvgIpc) is 2.89. The fourth-order valence-electron chi connectivity index (χ4n) is 2.66. The van der Waals surface area contributed by atoms with Crippen molar-refractivity contribution in [3.05, 3.63) is 69.7 Å². The molecule has 0 spiro atoms. The third-order valence-electron chi connectivity index (χ3n) is 3.79. The Morgan fingerprint density at radius 1 is 0.880 bits per heavy atom. The van der Waals surface area contributed by atoms with Crippen molar-refractivity contribution in [3.8, 4) is 0 Å². The minimum Gasteiger partial charge on any atom is -0.332 e. The normalized spacial score (nSPS) is 10.6. The van der Waals surface area contributed by atoms with E-state index in [0.717, 1.165) is 28.2 Å². The molecule has 3 aromatic rings. The van der Waals surface area contributed by atoms with Crippen LogP contribution in [0, 0.1) is 27.7 Å². The maximum absolute atomic E-state index is 12.6. The Balaban J connectivity index is 1.77. The SMILES string of the molecule is Cc1ccc(Nc2nc(C)c(C(=O)Nc3cc(C)cc(C)c3)s2)cc1. The second-order valence-corrected chi connectivity index (χ2v) is 7.25. The van der Waals surface area contributed by atoms with Crippen LogP contribution in [-0.2, 0) is 0 Å². The molecule has 5 heteroatoms. The standard InChI is InChI=1S/C20H21N3OS/c1-12-5-7-16(8-6-12)23-20-21-15(4)18(25-20)19(24)22-17-10-13(2)9-14(3)11-17/h5-11H,1-4H3,(H,21,23)(H,22,24). The van der Waals surface area contributed by atoms with E-state index in [2.05, 4.69) is 21.7 Å². The number of nitrogens with zero attached hydrogens (tertiary/aromatic N) is 1. The molecule has 2 N–H and O–H groups in total. The highest BCUT2D eigenvalue weighted by atomic mass is 32.1. The van der Waals surface area contributed by atoms with Crippen molar-refractivity contribution < 1.29 is 4.79 Å². The molecular weight excluding hydrogens is 330 g/mol. The number of thiazole rings is 1. The van der Waals surface area contributed by atoms with E-state index in [4.69, 9.17) is 0 Å². The number of aromatic nitrogens is 1. The maximum atomic E-state index is 12.6. The molecule has 2 aromatic carbocycles. The lowest BCUT2D eigenvalue weighted by Gasteiger charge is -2.06. The predicted octanol–water partition coefficient (Wildman–Crippen LogP) is 5.37. The van der Waals surface area contributed by atoms with Crippen molar-refractivity contribution in [1.82, 2.24) is 4.98 Å². The van der Waals surface area contributed by atoms with Crippen molar-refractivity contribution in [2.24, 2.45) is 0 Å². The Morgan fingerprint density at radius 3 is 2.16 bits per heavy atom. The van der Waals surface area contributed by atoms with E-state index < -0.39 is 0 Å². The molecule has 0 aliphatic rings. The number of aryl methyl sites for hydroxylation is 4. The quantitative estimate of drug-likeness (QED) is 0.664. The van der Waals surface area contributed by atoms with E-state index >= 15 is 0 Å². The van der Waals surface area contributed by atoms with Crippen LogP contribution in [0.25, 0.3) is 0 Å². The summed E-state index contributed by atoms with van der Waals surface area (Å²) in [5, 5.41) is 6.94. The molecule has 25 heavy (non-hydrogen) atoms. The average molecular weight is 351 g/mol. The molecule has 0 fully saturated rings.